The standard InChI is InChI=1S/C14H17F3N2O/c1-10(2)19-13(3,8-18)9-20-12-7-5-4-6-11(12)14(15,16)17/h4-7,10,19H,9H2,1-3H3. The molecule has 1 aromatic carbocycles. The lowest BCUT2D eigenvalue weighted by Crippen LogP contribution is -2.49. The number of nitrogens with zero attached hydrogens (tertiary/aromatic N) is 1. The average Bonchev–Trinajstić information content (AvgIpc) is 2.35. The van der Waals surface area contributed by atoms with E-state index in [0.717, 1.165) is 6.07 Å². The highest BCUT2D eigenvalue weighted by molar-refractivity contribution is 5.35. The fraction of sp³-hybridized carbons (Fsp3) is 0.500. The topological polar surface area (TPSA) is 45.0 Å². The third-order valence-electron chi connectivity index (χ3n) is 2.56. The Morgan fingerprint density at radius 3 is 2.40 bits per heavy atom. The molecule has 1 N–H and O–H groups in total. The SMILES string of the molecule is CC(C)NC(C)(C#N)COc1ccccc1C(F)(F)F. The fourth-order valence-corrected chi connectivity index (χ4v) is 1.79. The Kier molecular flexibility index (Phi) is 5.01. The molecule has 0 spiro atoms. The van der Waals surface area contributed by atoms with Gasteiger partial charge in [-0.05, 0) is 32.9 Å². The van der Waals surface area contributed by atoms with Crippen molar-refractivity contribution in [1.29, 1.82) is 5.26 Å². The van der Waals surface area contributed by atoms with Crippen molar-refractivity contribution in [2.45, 2.75) is 38.5 Å². The Balaban J connectivity index is 2.88. The summed E-state index contributed by atoms with van der Waals surface area (Å²) in [6, 6.07) is 6.99. The van der Waals surface area contributed by atoms with E-state index in [1.54, 1.807) is 6.92 Å². The van der Waals surface area contributed by atoms with Crippen molar-refractivity contribution in [2.75, 3.05) is 6.61 Å². The van der Waals surface area contributed by atoms with E-state index in [2.05, 4.69) is 5.32 Å². The number of ether oxygens (including phenoxy) is 1. The molecule has 0 heterocycles. The molecule has 0 aliphatic carbocycles. The third-order valence-corrected chi connectivity index (χ3v) is 2.56. The maximum absolute atomic E-state index is 12.8. The minimum absolute atomic E-state index is 0.0149. The van der Waals surface area contributed by atoms with Gasteiger partial charge in [-0.2, -0.15) is 18.4 Å². The monoisotopic (exact) mass is 286 g/mol. The number of para-hydroxylation sites is 1. The van der Waals surface area contributed by atoms with Gasteiger partial charge in [-0.3, -0.25) is 5.32 Å². The summed E-state index contributed by atoms with van der Waals surface area (Å²) in [5.41, 5.74) is -1.89. The van der Waals surface area contributed by atoms with Crippen molar-refractivity contribution in [3.63, 3.8) is 0 Å². The second-order valence-electron chi connectivity index (χ2n) is 5.03. The van der Waals surface area contributed by atoms with Gasteiger partial charge in [-0.15, -0.1) is 0 Å². The molecule has 3 nitrogen and oxygen atoms in total. The summed E-state index contributed by atoms with van der Waals surface area (Å²) in [6.07, 6.45) is -4.48. The van der Waals surface area contributed by atoms with Crippen LogP contribution in [0.5, 0.6) is 5.75 Å². The first kappa shape index (κ1) is 16.3. The second kappa shape index (κ2) is 6.14. The Labute approximate surface area is 116 Å². The fourth-order valence-electron chi connectivity index (χ4n) is 1.79. The van der Waals surface area contributed by atoms with E-state index < -0.39 is 17.3 Å². The number of hydrogen-bond donors (Lipinski definition) is 1. The number of alkyl halides is 3. The van der Waals surface area contributed by atoms with Crippen LogP contribution in [0.3, 0.4) is 0 Å². The smallest absolute Gasteiger partial charge is 0.419 e. The maximum Gasteiger partial charge on any atom is 0.419 e. The lowest BCUT2D eigenvalue weighted by atomic mass is 10.1. The van der Waals surface area contributed by atoms with Crippen molar-refractivity contribution >= 4 is 0 Å². The summed E-state index contributed by atoms with van der Waals surface area (Å²) >= 11 is 0. The van der Waals surface area contributed by atoms with Gasteiger partial charge in [0.2, 0.25) is 0 Å². The molecule has 0 bridgehead atoms. The normalized spacial score (nSPS) is 14.7. The van der Waals surface area contributed by atoms with Gasteiger partial charge in [0.05, 0.1) is 11.6 Å². The number of rotatable bonds is 5. The molecule has 0 saturated heterocycles. The van der Waals surface area contributed by atoms with Crippen LogP contribution in [0.4, 0.5) is 13.2 Å². The summed E-state index contributed by atoms with van der Waals surface area (Å²) in [7, 11) is 0. The van der Waals surface area contributed by atoms with E-state index in [4.69, 9.17) is 10.00 Å². The second-order valence-corrected chi connectivity index (χ2v) is 5.03. The summed E-state index contributed by atoms with van der Waals surface area (Å²) in [4.78, 5) is 0. The van der Waals surface area contributed by atoms with Gasteiger partial charge >= 0.3 is 6.18 Å². The van der Waals surface area contributed by atoms with E-state index in [0.29, 0.717) is 0 Å². The number of nitrogens with one attached hydrogen (secondary N) is 1. The van der Waals surface area contributed by atoms with Crippen LogP contribution in [-0.2, 0) is 6.18 Å². The quantitative estimate of drug-likeness (QED) is 0.902. The van der Waals surface area contributed by atoms with E-state index in [1.165, 1.54) is 18.2 Å². The number of halogens is 3. The van der Waals surface area contributed by atoms with Crippen LogP contribution in [0.2, 0.25) is 0 Å². The van der Waals surface area contributed by atoms with Crippen LogP contribution in [0.1, 0.15) is 26.3 Å². The zero-order valence-corrected chi connectivity index (χ0v) is 11.6. The molecule has 1 atom stereocenters. The summed E-state index contributed by atoms with van der Waals surface area (Å²) in [5.74, 6) is -0.271. The Morgan fingerprint density at radius 1 is 1.30 bits per heavy atom. The molecule has 0 aliphatic rings. The molecule has 1 unspecified atom stereocenters. The van der Waals surface area contributed by atoms with Gasteiger partial charge in [0.25, 0.3) is 0 Å². The van der Waals surface area contributed by atoms with Crippen LogP contribution in [0.15, 0.2) is 24.3 Å². The molecule has 110 valence electrons. The van der Waals surface area contributed by atoms with Crippen LogP contribution >= 0.6 is 0 Å². The maximum atomic E-state index is 12.8. The largest absolute Gasteiger partial charge is 0.490 e. The molecule has 0 fully saturated rings. The predicted molar refractivity (Wildman–Crippen MR) is 69.2 cm³/mol. The molecule has 0 saturated carbocycles. The van der Waals surface area contributed by atoms with Crippen molar-refractivity contribution in [1.82, 2.24) is 5.32 Å². The van der Waals surface area contributed by atoms with Gasteiger partial charge < -0.3 is 4.74 Å². The predicted octanol–water partition coefficient (Wildman–Crippen LogP) is 3.36. The highest BCUT2D eigenvalue weighted by Gasteiger charge is 2.35. The molecular formula is C14H17F3N2O. The van der Waals surface area contributed by atoms with E-state index >= 15 is 0 Å². The Hall–Kier alpha value is -1.74. The highest BCUT2D eigenvalue weighted by Crippen LogP contribution is 2.36. The van der Waals surface area contributed by atoms with Crippen molar-refractivity contribution in [3.05, 3.63) is 29.8 Å². The minimum atomic E-state index is -4.48. The van der Waals surface area contributed by atoms with Crippen molar-refractivity contribution < 1.29 is 17.9 Å². The van der Waals surface area contributed by atoms with E-state index in [9.17, 15) is 13.2 Å². The van der Waals surface area contributed by atoms with Gasteiger partial charge in [-0.25, -0.2) is 0 Å². The first-order chi connectivity index (χ1) is 9.18. The zero-order chi connectivity index (χ0) is 15.4. The Bertz CT molecular complexity index is 494. The van der Waals surface area contributed by atoms with E-state index in [1.807, 2.05) is 19.9 Å². The molecular weight excluding hydrogens is 269 g/mol. The first-order valence-electron chi connectivity index (χ1n) is 6.16. The molecule has 0 radical (unpaired) electrons. The van der Waals surface area contributed by atoms with Gasteiger partial charge in [0.15, 0.2) is 0 Å². The minimum Gasteiger partial charge on any atom is -0.490 e. The molecule has 1 rings (SSSR count). The molecule has 0 aliphatic heterocycles. The first-order valence-corrected chi connectivity index (χ1v) is 6.16. The number of hydrogen-bond acceptors (Lipinski definition) is 3. The molecule has 0 amide bonds. The lowest BCUT2D eigenvalue weighted by Gasteiger charge is -2.26. The van der Waals surface area contributed by atoms with E-state index in [-0.39, 0.29) is 18.4 Å². The van der Waals surface area contributed by atoms with Crippen LogP contribution < -0.4 is 10.1 Å². The van der Waals surface area contributed by atoms with Gasteiger partial charge in [0, 0.05) is 6.04 Å². The number of benzene rings is 1. The molecule has 1 aromatic rings. The Morgan fingerprint density at radius 2 is 1.90 bits per heavy atom. The highest BCUT2D eigenvalue weighted by atomic mass is 19.4. The average molecular weight is 286 g/mol. The van der Waals surface area contributed by atoms with Crippen LogP contribution in [0, 0.1) is 11.3 Å². The van der Waals surface area contributed by atoms with Crippen molar-refractivity contribution in [2.24, 2.45) is 0 Å². The summed E-state index contributed by atoms with van der Waals surface area (Å²) < 4.78 is 43.6. The molecule has 0 aromatic heterocycles. The van der Waals surface area contributed by atoms with Gasteiger partial charge in [-0.1, -0.05) is 12.1 Å². The van der Waals surface area contributed by atoms with Crippen molar-refractivity contribution in [3.8, 4) is 11.8 Å². The lowest BCUT2D eigenvalue weighted by molar-refractivity contribution is -0.139. The third kappa shape index (κ3) is 4.42. The zero-order valence-electron chi connectivity index (χ0n) is 11.6. The summed E-state index contributed by atoms with van der Waals surface area (Å²) in [6.45, 7) is 5.11. The summed E-state index contributed by atoms with van der Waals surface area (Å²) in [5, 5.41) is 12.1. The molecule has 6 heteroatoms. The number of nitriles is 1. The van der Waals surface area contributed by atoms with Crippen LogP contribution in [0.25, 0.3) is 0 Å². The van der Waals surface area contributed by atoms with Crippen LogP contribution in [-0.4, -0.2) is 18.2 Å². The van der Waals surface area contributed by atoms with Gasteiger partial charge in [0.1, 0.15) is 17.9 Å². The molecule has 20 heavy (non-hydrogen) atoms.